The molecule has 2 rings (SSSR count). The molecule has 0 aromatic carbocycles. The predicted molar refractivity (Wildman–Crippen MR) is 74.1 cm³/mol. The Morgan fingerprint density at radius 2 is 2.15 bits per heavy atom. The third kappa shape index (κ3) is 3.94. The van der Waals surface area contributed by atoms with Crippen LogP contribution in [0.3, 0.4) is 0 Å². The number of likely N-dealkylation sites (tertiary alicyclic amines) is 1. The number of aromatic nitrogens is 1. The van der Waals surface area contributed by atoms with Crippen LogP contribution < -0.4 is 10.9 Å². The Kier molecular flexibility index (Phi) is 4.92. The van der Waals surface area contributed by atoms with E-state index in [2.05, 4.69) is 5.32 Å². The van der Waals surface area contributed by atoms with Crippen molar-refractivity contribution in [3.8, 4) is 0 Å². The SMILES string of the molecule is O=C(Cn1ccccc1=O)NCCCN1CCCC1=O. The van der Waals surface area contributed by atoms with Gasteiger partial charge in [-0.05, 0) is 18.9 Å². The van der Waals surface area contributed by atoms with Gasteiger partial charge in [0, 0.05) is 38.3 Å². The van der Waals surface area contributed by atoms with Crippen LogP contribution in [0.5, 0.6) is 0 Å². The minimum atomic E-state index is -0.190. The predicted octanol–water partition coefficient (Wildman–Crippen LogP) is -0.0230. The summed E-state index contributed by atoms with van der Waals surface area (Å²) in [7, 11) is 0. The van der Waals surface area contributed by atoms with Crippen LogP contribution in [0.15, 0.2) is 29.2 Å². The first kappa shape index (κ1) is 14.3. The highest BCUT2D eigenvalue weighted by atomic mass is 16.2. The summed E-state index contributed by atoms with van der Waals surface area (Å²) < 4.78 is 1.36. The van der Waals surface area contributed by atoms with Crippen LogP contribution in [0.25, 0.3) is 0 Å². The monoisotopic (exact) mass is 277 g/mol. The first-order chi connectivity index (χ1) is 9.66. The Morgan fingerprint density at radius 1 is 1.30 bits per heavy atom. The summed E-state index contributed by atoms with van der Waals surface area (Å²) in [5, 5.41) is 2.76. The maximum atomic E-state index is 11.7. The number of nitrogens with zero attached hydrogens (tertiary/aromatic N) is 2. The Hall–Kier alpha value is -2.11. The average molecular weight is 277 g/mol. The fourth-order valence-corrected chi connectivity index (χ4v) is 2.24. The van der Waals surface area contributed by atoms with Gasteiger partial charge in [-0.2, -0.15) is 0 Å². The zero-order chi connectivity index (χ0) is 14.4. The molecule has 1 aliphatic heterocycles. The lowest BCUT2D eigenvalue weighted by atomic mass is 10.3. The Bertz CT molecular complexity index is 538. The lowest BCUT2D eigenvalue weighted by Gasteiger charge is -2.15. The second-order valence-corrected chi connectivity index (χ2v) is 4.85. The lowest BCUT2D eigenvalue weighted by molar-refractivity contribution is -0.127. The molecule has 0 bridgehead atoms. The van der Waals surface area contributed by atoms with E-state index in [1.807, 2.05) is 4.90 Å². The van der Waals surface area contributed by atoms with Gasteiger partial charge in [-0.25, -0.2) is 0 Å². The Balaban J connectivity index is 1.67. The summed E-state index contributed by atoms with van der Waals surface area (Å²) in [4.78, 5) is 36.3. The Morgan fingerprint density at radius 3 is 2.85 bits per heavy atom. The van der Waals surface area contributed by atoms with Gasteiger partial charge in [0.15, 0.2) is 0 Å². The van der Waals surface area contributed by atoms with Crippen molar-refractivity contribution in [3.05, 3.63) is 34.7 Å². The van der Waals surface area contributed by atoms with Gasteiger partial charge in [0.05, 0.1) is 0 Å². The van der Waals surface area contributed by atoms with Crippen molar-refractivity contribution in [1.82, 2.24) is 14.8 Å². The number of amides is 2. The van der Waals surface area contributed by atoms with Crippen LogP contribution in [-0.2, 0) is 16.1 Å². The maximum Gasteiger partial charge on any atom is 0.250 e. The van der Waals surface area contributed by atoms with E-state index in [0.717, 1.165) is 19.4 Å². The van der Waals surface area contributed by atoms with Gasteiger partial charge in [0.25, 0.3) is 5.56 Å². The molecule has 1 fully saturated rings. The first-order valence-corrected chi connectivity index (χ1v) is 6.87. The number of hydrogen-bond donors (Lipinski definition) is 1. The molecule has 0 spiro atoms. The lowest BCUT2D eigenvalue weighted by Crippen LogP contribution is -2.34. The normalized spacial score (nSPS) is 14.6. The fourth-order valence-electron chi connectivity index (χ4n) is 2.24. The number of rotatable bonds is 6. The minimum absolute atomic E-state index is 0.0301. The molecule has 1 N–H and O–H groups in total. The van der Waals surface area contributed by atoms with Crippen LogP contribution in [0, 0.1) is 0 Å². The molecule has 108 valence electrons. The molecule has 0 unspecified atom stereocenters. The van der Waals surface area contributed by atoms with Crippen molar-refractivity contribution in [2.45, 2.75) is 25.8 Å². The van der Waals surface area contributed by atoms with E-state index >= 15 is 0 Å². The fraction of sp³-hybridized carbons (Fsp3) is 0.500. The molecule has 6 nitrogen and oxygen atoms in total. The summed E-state index contributed by atoms with van der Waals surface area (Å²) in [5.74, 6) is 0.0122. The molecule has 2 heterocycles. The van der Waals surface area contributed by atoms with Crippen molar-refractivity contribution >= 4 is 11.8 Å². The van der Waals surface area contributed by atoms with Crippen molar-refractivity contribution in [2.24, 2.45) is 0 Å². The van der Waals surface area contributed by atoms with Gasteiger partial charge >= 0.3 is 0 Å². The average Bonchev–Trinajstić information content (AvgIpc) is 2.83. The molecule has 6 heteroatoms. The highest BCUT2D eigenvalue weighted by molar-refractivity contribution is 5.78. The molecule has 1 aromatic rings. The van der Waals surface area contributed by atoms with Crippen LogP contribution in [0.2, 0.25) is 0 Å². The summed E-state index contributed by atoms with van der Waals surface area (Å²) in [6, 6.07) is 4.78. The van der Waals surface area contributed by atoms with E-state index in [1.54, 1.807) is 18.3 Å². The molecule has 1 aliphatic rings. The topological polar surface area (TPSA) is 71.4 Å². The highest BCUT2D eigenvalue weighted by Crippen LogP contribution is 2.09. The van der Waals surface area contributed by atoms with Crippen LogP contribution >= 0.6 is 0 Å². The van der Waals surface area contributed by atoms with Crippen LogP contribution in [0.4, 0.5) is 0 Å². The van der Waals surface area contributed by atoms with E-state index in [0.29, 0.717) is 19.5 Å². The van der Waals surface area contributed by atoms with Gasteiger partial charge in [0.2, 0.25) is 11.8 Å². The Labute approximate surface area is 117 Å². The van der Waals surface area contributed by atoms with E-state index in [-0.39, 0.29) is 23.9 Å². The summed E-state index contributed by atoms with van der Waals surface area (Å²) in [6.07, 6.45) is 3.90. The van der Waals surface area contributed by atoms with Crippen LogP contribution in [-0.4, -0.2) is 40.9 Å². The molecule has 2 amide bonds. The van der Waals surface area contributed by atoms with Crippen molar-refractivity contribution in [1.29, 1.82) is 0 Å². The number of nitrogens with one attached hydrogen (secondary N) is 1. The second kappa shape index (κ2) is 6.88. The molecule has 0 radical (unpaired) electrons. The zero-order valence-corrected chi connectivity index (χ0v) is 11.4. The van der Waals surface area contributed by atoms with E-state index < -0.39 is 0 Å². The maximum absolute atomic E-state index is 11.7. The van der Waals surface area contributed by atoms with Crippen molar-refractivity contribution in [3.63, 3.8) is 0 Å². The largest absolute Gasteiger partial charge is 0.354 e. The highest BCUT2D eigenvalue weighted by Gasteiger charge is 2.18. The number of carbonyl (C=O) groups excluding carboxylic acids is 2. The third-order valence-corrected chi connectivity index (χ3v) is 3.31. The second-order valence-electron chi connectivity index (χ2n) is 4.85. The van der Waals surface area contributed by atoms with E-state index in [1.165, 1.54) is 10.6 Å². The molecular formula is C14H19N3O3. The first-order valence-electron chi connectivity index (χ1n) is 6.87. The zero-order valence-electron chi connectivity index (χ0n) is 11.4. The molecule has 0 aliphatic carbocycles. The minimum Gasteiger partial charge on any atom is -0.354 e. The van der Waals surface area contributed by atoms with E-state index in [9.17, 15) is 14.4 Å². The van der Waals surface area contributed by atoms with Gasteiger partial charge in [-0.3, -0.25) is 14.4 Å². The summed E-state index contributed by atoms with van der Waals surface area (Å²) >= 11 is 0. The van der Waals surface area contributed by atoms with Crippen LogP contribution in [0.1, 0.15) is 19.3 Å². The number of hydrogen-bond acceptors (Lipinski definition) is 3. The van der Waals surface area contributed by atoms with Gasteiger partial charge in [-0.15, -0.1) is 0 Å². The van der Waals surface area contributed by atoms with Gasteiger partial charge < -0.3 is 14.8 Å². The molecule has 1 aromatic heterocycles. The quantitative estimate of drug-likeness (QED) is 0.743. The number of pyridine rings is 1. The van der Waals surface area contributed by atoms with Crippen molar-refractivity contribution in [2.75, 3.05) is 19.6 Å². The summed E-state index contributed by atoms with van der Waals surface area (Å²) in [5.41, 5.74) is -0.190. The van der Waals surface area contributed by atoms with Crippen molar-refractivity contribution < 1.29 is 9.59 Å². The molecular weight excluding hydrogens is 258 g/mol. The molecule has 20 heavy (non-hydrogen) atoms. The smallest absolute Gasteiger partial charge is 0.250 e. The molecule has 0 saturated carbocycles. The van der Waals surface area contributed by atoms with Gasteiger partial charge in [0.1, 0.15) is 6.54 Å². The third-order valence-electron chi connectivity index (χ3n) is 3.31. The van der Waals surface area contributed by atoms with E-state index in [4.69, 9.17) is 0 Å². The van der Waals surface area contributed by atoms with Gasteiger partial charge in [-0.1, -0.05) is 6.07 Å². The molecule has 0 atom stereocenters. The standard InChI is InChI=1S/C14H19N3O3/c18-12(11-17-8-2-1-5-14(17)20)15-7-4-10-16-9-3-6-13(16)19/h1-2,5,8H,3-4,6-7,9-11H2,(H,15,18). The molecule has 1 saturated heterocycles. The summed E-state index contributed by atoms with van der Waals surface area (Å²) in [6.45, 7) is 2.06. The number of carbonyl (C=O) groups is 2.